The van der Waals surface area contributed by atoms with Crippen LogP contribution in [0.4, 0.5) is 0 Å². The molecule has 3 rings (SSSR count). The van der Waals surface area contributed by atoms with Crippen molar-refractivity contribution in [2.24, 2.45) is 0 Å². The second-order valence-corrected chi connectivity index (χ2v) is 9.37. The molecular weight excluding hydrogens is 472 g/mol. The minimum atomic E-state index is -0.639. The molecule has 0 bridgehead atoms. The molecule has 0 aliphatic carbocycles. The van der Waals surface area contributed by atoms with Crippen molar-refractivity contribution in [3.05, 3.63) is 101 Å². The number of nitrogens with zero attached hydrogens (tertiary/aromatic N) is 1. The maximum absolute atomic E-state index is 13.6. The van der Waals surface area contributed by atoms with E-state index in [1.165, 1.54) is 0 Å². The third-order valence-corrected chi connectivity index (χ3v) is 6.34. The molecule has 3 aromatic carbocycles. The van der Waals surface area contributed by atoms with E-state index in [0.29, 0.717) is 31.0 Å². The van der Waals surface area contributed by atoms with Gasteiger partial charge in [-0.05, 0) is 55.2 Å². The van der Waals surface area contributed by atoms with E-state index in [9.17, 15) is 9.59 Å². The van der Waals surface area contributed by atoms with Crippen molar-refractivity contribution in [2.75, 3.05) is 6.61 Å². The summed E-state index contributed by atoms with van der Waals surface area (Å²) >= 11 is 6.08. The molecule has 1 N–H and O–H groups in total. The fourth-order valence-corrected chi connectivity index (χ4v) is 3.98. The molecule has 36 heavy (non-hydrogen) atoms. The Morgan fingerprint density at radius 2 is 1.56 bits per heavy atom. The van der Waals surface area contributed by atoms with Crippen LogP contribution >= 0.6 is 11.6 Å². The molecule has 0 aliphatic rings. The molecule has 0 saturated heterocycles. The van der Waals surface area contributed by atoms with E-state index >= 15 is 0 Å². The van der Waals surface area contributed by atoms with Gasteiger partial charge in [-0.2, -0.15) is 0 Å². The van der Waals surface area contributed by atoms with Gasteiger partial charge in [0.1, 0.15) is 11.8 Å². The van der Waals surface area contributed by atoms with Crippen molar-refractivity contribution in [2.45, 2.75) is 58.2 Å². The second kappa shape index (κ2) is 14.3. The van der Waals surface area contributed by atoms with Crippen molar-refractivity contribution in [1.29, 1.82) is 0 Å². The summed E-state index contributed by atoms with van der Waals surface area (Å²) in [4.78, 5) is 28.8. The normalized spacial score (nSPS) is 12.4. The molecule has 0 fully saturated rings. The lowest BCUT2D eigenvalue weighted by atomic mass is 10.0. The SMILES string of the molecule is CCC(C)NC(=O)C(Cc1ccccc1)N(Cc1ccc(Cl)cc1)C(=O)CCCOc1ccccc1. The van der Waals surface area contributed by atoms with Crippen LogP contribution in [0, 0.1) is 0 Å². The van der Waals surface area contributed by atoms with E-state index in [1.54, 1.807) is 17.0 Å². The lowest BCUT2D eigenvalue weighted by Gasteiger charge is -2.32. The molecule has 0 radical (unpaired) electrons. The Balaban J connectivity index is 1.80. The highest BCUT2D eigenvalue weighted by atomic mass is 35.5. The number of benzene rings is 3. The van der Waals surface area contributed by atoms with E-state index in [2.05, 4.69) is 5.32 Å². The Hall–Kier alpha value is -3.31. The van der Waals surface area contributed by atoms with Crippen molar-refractivity contribution in [3.8, 4) is 5.75 Å². The highest BCUT2D eigenvalue weighted by Gasteiger charge is 2.30. The number of rotatable bonds is 13. The van der Waals surface area contributed by atoms with Gasteiger partial charge in [0, 0.05) is 30.5 Å². The first-order chi connectivity index (χ1) is 17.5. The van der Waals surface area contributed by atoms with E-state index in [-0.39, 0.29) is 24.3 Å². The van der Waals surface area contributed by atoms with E-state index in [1.807, 2.05) is 86.6 Å². The van der Waals surface area contributed by atoms with Crippen LogP contribution in [0.25, 0.3) is 0 Å². The molecule has 3 aromatic rings. The van der Waals surface area contributed by atoms with E-state index in [4.69, 9.17) is 16.3 Å². The van der Waals surface area contributed by atoms with Gasteiger partial charge in [-0.1, -0.05) is 79.2 Å². The minimum Gasteiger partial charge on any atom is -0.494 e. The fourth-order valence-electron chi connectivity index (χ4n) is 3.86. The van der Waals surface area contributed by atoms with Gasteiger partial charge in [-0.25, -0.2) is 0 Å². The predicted octanol–water partition coefficient (Wildman–Crippen LogP) is 6.05. The standard InChI is InChI=1S/C30H35ClN2O3/c1-3-23(2)32-30(35)28(21-24-11-6-4-7-12-24)33(22-25-16-18-26(31)19-17-25)29(34)15-10-20-36-27-13-8-5-9-14-27/h4-9,11-14,16-19,23,28H,3,10,15,20-22H2,1-2H3,(H,32,35). The van der Waals surface area contributed by atoms with Gasteiger partial charge in [-0.3, -0.25) is 9.59 Å². The van der Waals surface area contributed by atoms with Gasteiger partial charge in [0.15, 0.2) is 0 Å². The summed E-state index contributed by atoms with van der Waals surface area (Å²) in [6, 6.07) is 26.1. The number of halogens is 1. The first-order valence-electron chi connectivity index (χ1n) is 12.5. The van der Waals surface area contributed by atoms with Gasteiger partial charge < -0.3 is 15.0 Å². The van der Waals surface area contributed by atoms with E-state index in [0.717, 1.165) is 23.3 Å². The van der Waals surface area contributed by atoms with Gasteiger partial charge in [0.05, 0.1) is 6.61 Å². The van der Waals surface area contributed by atoms with Crippen LogP contribution in [-0.2, 0) is 22.6 Å². The zero-order chi connectivity index (χ0) is 25.8. The number of para-hydroxylation sites is 1. The third kappa shape index (κ3) is 8.72. The highest BCUT2D eigenvalue weighted by Crippen LogP contribution is 2.18. The number of nitrogens with one attached hydrogen (secondary N) is 1. The maximum atomic E-state index is 13.6. The number of amides is 2. The molecular formula is C30H35ClN2O3. The minimum absolute atomic E-state index is 0.0162. The van der Waals surface area contributed by atoms with Crippen molar-refractivity contribution >= 4 is 23.4 Å². The number of ether oxygens (including phenoxy) is 1. The number of carbonyl (C=O) groups excluding carboxylic acids is 2. The summed E-state index contributed by atoms with van der Waals surface area (Å²) in [6.45, 7) is 4.75. The molecule has 6 heteroatoms. The summed E-state index contributed by atoms with van der Waals surface area (Å²) in [5.74, 6) is 0.552. The molecule has 5 nitrogen and oxygen atoms in total. The smallest absolute Gasteiger partial charge is 0.243 e. The fraction of sp³-hybridized carbons (Fsp3) is 0.333. The molecule has 0 saturated carbocycles. The molecule has 0 aliphatic heterocycles. The summed E-state index contributed by atoms with van der Waals surface area (Å²) in [6.07, 6.45) is 2.08. The molecule has 2 amide bonds. The molecule has 2 atom stereocenters. The molecule has 0 heterocycles. The Morgan fingerprint density at radius 1 is 0.917 bits per heavy atom. The van der Waals surface area contributed by atoms with Crippen LogP contribution in [0.15, 0.2) is 84.9 Å². The Bertz CT molecular complexity index is 1070. The maximum Gasteiger partial charge on any atom is 0.243 e. The lowest BCUT2D eigenvalue weighted by molar-refractivity contribution is -0.141. The topological polar surface area (TPSA) is 58.6 Å². The number of hydrogen-bond donors (Lipinski definition) is 1. The quantitative estimate of drug-likeness (QED) is 0.287. The third-order valence-electron chi connectivity index (χ3n) is 6.09. The summed E-state index contributed by atoms with van der Waals surface area (Å²) < 4.78 is 5.77. The van der Waals surface area contributed by atoms with Gasteiger partial charge in [0.2, 0.25) is 11.8 Å². The second-order valence-electron chi connectivity index (χ2n) is 8.94. The van der Waals surface area contributed by atoms with Crippen molar-refractivity contribution in [1.82, 2.24) is 10.2 Å². The van der Waals surface area contributed by atoms with Crippen LogP contribution < -0.4 is 10.1 Å². The summed E-state index contributed by atoms with van der Waals surface area (Å²) in [7, 11) is 0. The largest absolute Gasteiger partial charge is 0.494 e. The zero-order valence-corrected chi connectivity index (χ0v) is 21.8. The first kappa shape index (κ1) is 27.3. The zero-order valence-electron chi connectivity index (χ0n) is 21.0. The van der Waals surface area contributed by atoms with Gasteiger partial charge >= 0.3 is 0 Å². The molecule has 0 spiro atoms. The Kier molecular flexibility index (Phi) is 10.8. The van der Waals surface area contributed by atoms with Gasteiger partial charge in [-0.15, -0.1) is 0 Å². The van der Waals surface area contributed by atoms with Crippen molar-refractivity contribution in [3.63, 3.8) is 0 Å². The lowest BCUT2D eigenvalue weighted by Crippen LogP contribution is -2.52. The van der Waals surface area contributed by atoms with Crippen LogP contribution in [-0.4, -0.2) is 35.4 Å². The summed E-state index contributed by atoms with van der Waals surface area (Å²) in [5.41, 5.74) is 1.92. The monoisotopic (exact) mass is 506 g/mol. The predicted molar refractivity (Wildman–Crippen MR) is 145 cm³/mol. The highest BCUT2D eigenvalue weighted by molar-refractivity contribution is 6.30. The Morgan fingerprint density at radius 3 is 2.19 bits per heavy atom. The first-order valence-corrected chi connectivity index (χ1v) is 12.9. The van der Waals surface area contributed by atoms with Crippen LogP contribution in [0.1, 0.15) is 44.2 Å². The number of hydrogen-bond acceptors (Lipinski definition) is 3. The molecule has 0 aromatic heterocycles. The average Bonchev–Trinajstić information content (AvgIpc) is 2.90. The van der Waals surface area contributed by atoms with E-state index < -0.39 is 6.04 Å². The molecule has 190 valence electrons. The van der Waals surface area contributed by atoms with Crippen LogP contribution in [0.3, 0.4) is 0 Å². The number of carbonyl (C=O) groups is 2. The molecule has 2 unspecified atom stereocenters. The Labute approximate surface area is 219 Å². The van der Waals surface area contributed by atoms with Gasteiger partial charge in [0.25, 0.3) is 0 Å². The summed E-state index contributed by atoms with van der Waals surface area (Å²) in [5, 5.41) is 3.72. The van der Waals surface area contributed by atoms with Crippen LogP contribution in [0.5, 0.6) is 5.75 Å². The average molecular weight is 507 g/mol. The van der Waals surface area contributed by atoms with Crippen LogP contribution in [0.2, 0.25) is 5.02 Å². The van der Waals surface area contributed by atoms with Crippen molar-refractivity contribution < 1.29 is 14.3 Å².